The van der Waals surface area contributed by atoms with Crippen LogP contribution >= 0.6 is 0 Å². The summed E-state index contributed by atoms with van der Waals surface area (Å²) in [5.74, 6) is -2.79. The molecule has 6 nitrogen and oxygen atoms in total. The molecule has 0 spiro atoms. The Hall–Kier alpha value is -1.14. The molecular formula is C8H14O6. The van der Waals surface area contributed by atoms with Gasteiger partial charge in [0, 0.05) is 0 Å². The normalized spacial score (nSPS) is 16.9. The predicted molar refractivity (Wildman–Crippen MR) is 45.5 cm³/mol. The van der Waals surface area contributed by atoms with E-state index in [1.54, 1.807) is 0 Å². The molecule has 0 aromatic rings. The van der Waals surface area contributed by atoms with Crippen molar-refractivity contribution in [2.45, 2.75) is 32.0 Å². The lowest BCUT2D eigenvalue weighted by atomic mass is 9.94. The number of rotatable bonds is 5. The van der Waals surface area contributed by atoms with Gasteiger partial charge in [-0.25, -0.2) is 9.59 Å². The number of carbonyl (C=O) groups is 2. The van der Waals surface area contributed by atoms with E-state index in [4.69, 9.17) is 10.2 Å². The fourth-order valence-electron chi connectivity index (χ4n) is 0.910. The fraction of sp³-hybridized carbons (Fsp3) is 0.750. The fourth-order valence-corrected chi connectivity index (χ4v) is 0.910. The Morgan fingerprint density at radius 2 is 1.93 bits per heavy atom. The maximum absolute atomic E-state index is 11.1. The molecule has 0 rings (SSSR count). The maximum atomic E-state index is 11.1. The first kappa shape index (κ1) is 12.9. The van der Waals surface area contributed by atoms with Gasteiger partial charge in [0.1, 0.15) is 0 Å². The SMILES string of the molecule is CCOC(=O)C(O)(CC)C(O)C(=O)O. The molecule has 0 heterocycles. The summed E-state index contributed by atoms with van der Waals surface area (Å²) in [7, 11) is 0. The molecule has 0 aliphatic heterocycles. The molecule has 0 aromatic heterocycles. The highest BCUT2D eigenvalue weighted by molar-refractivity contribution is 5.88. The molecule has 0 radical (unpaired) electrons. The van der Waals surface area contributed by atoms with E-state index in [9.17, 15) is 14.7 Å². The van der Waals surface area contributed by atoms with Gasteiger partial charge in [0.05, 0.1) is 6.61 Å². The van der Waals surface area contributed by atoms with Crippen LogP contribution in [0.3, 0.4) is 0 Å². The predicted octanol–water partition coefficient (Wildman–Crippen LogP) is -0.864. The molecule has 3 N–H and O–H groups in total. The molecule has 0 aliphatic rings. The van der Waals surface area contributed by atoms with Gasteiger partial charge in [-0.15, -0.1) is 0 Å². The van der Waals surface area contributed by atoms with E-state index in [1.807, 2.05) is 0 Å². The lowest BCUT2D eigenvalue weighted by molar-refractivity contribution is -0.187. The molecule has 0 bridgehead atoms. The van der Waals surface area contributed by atoms with Crippen LogP contribution in [0.15, 0.2) is 0 Å². The van der Waals surface area contributed by atoms with Crippen molar-refractivity contribution in [1.82, 2.24) is 0 Å². The molecule has 0 fully saturated rings. The van der Waals surface area contributed by atoms with Crippen LogP contribution in [0.2, 0.25) is 0 Å². The van der Waals surface area contributed by atoms with Crippen molar-refractivity contribution in [2.75, 3.05) is 6.61 Å². The summed E-state index contributed by atoms with van der Waals surface area (Å²) in [6.07, 6.45) is -2.41. The number of esters is 1. The molecule has 14 heavy (non-hydrogen) atoms. The summed E-state index contributed by atoms with van der Waals surface area (Å²) in [5.41, 5.74) is -2.37. The van der Waals surface area contributed by atoms with Crippen LogP contribution in [0.25, 0.3) is 0 Å². The number of aliphatic hydroxyl groups is 2. The second-order valence-corrected chi connectivity index (χ2v) is 2.74. The van der Waals surface area contributed by atoms with E-state index in [-0.39, 0.29) is 13.0 Å². The Labute approximate surface area is 81.1 Å². The second kappa shape index (κ2) is 4.92. The Morgan fingerprint density at radius 3 is 2.21 bits per heavy atom. The first-order chi connectivity index (χ1) is 6.40. The van der Waals surface area contributed by atoms with Crippen LogP contribution in [0.4, 0.5) is 0 Å². The van der Waals surface area contributed by atoms with E-state index in [0.29, 0.717) is 0 Å². The molecule has 6 heteroatoms. The highest BCUT2D eigenvalue weighted by Gasteiger charge is 2.47. The van der Waals surface area contributed by atoms with Crippen LogP contribution in [-0.4, -0.2) is 45.6 Å². The molecule has 2 unspecified atom stereocenters. The quantitative estimate of drug-likeness (QED) is 0.505. The van der Waals surface area contributed by atoms with Crippen molar-refractivity contribution in [2.24, 2.45) is 0 Å². The average molecular weight is 206 g/mol. The van der Waals surface area contributed by atoms with Crippen LogP contribution in [-0.2, 0) is 14.3 Å². The van der Waals surface area contributed by atoms with Gasteiger partial charge in [-0.2, -0.15) is 0 Å². The van der Waals surface area contributed by atoms with Gasteiger partial charge < -0.3 is 20.1 Å². The van der Waals surface area contributed by atoms with E-state index in [0.717, 1.165) is 0 Å². The van der Waals surface area contributed by atoms with Crippen molar-refractivity contribution in [3.8, 4) is 0 Å². The molecule has 2 atom stereocenters. The monoisotopic (exact) mass is 206 g/mol. The third kappa shape index (κ3) is 2.43. The van der Waals surface area contributed by atoms with Crippen LogP contribution in [0.5, 0.6) is 0 Å². The van der Waals surface area contributed by atoms with Crippen molar-refractivity contribution in [3.63, 3.8) is 0 Å². The minimum absolute atomic E-state index is 0.00742. The molecular weight excluding hydrogens is 192 g/mol. The van der Waals surface area contributed by atoms with Gasteiger partial charge in [0.2, 0.25) is 0 Å². The Bertz CT molecular complexity index is 226. The summed E-state index contributed by atoms with van der Waals surface area (Å²) < 4.78 is 4.46. The number of carboxylic acids is 1. The average Bonchev–Trinajstić information content (AvgIpc) is 2.15. The lowest BCUT2D eigenvalue weighted by Crippen LogP contribution is -2.53. The van der Waals surface area contributed by atoms with Crippen molar-refractivity contribution in [1.29, 1.82) is 0 Å². The van der Waals surface area contributed by atoms with E-state index in [2.05, 4.69) is 4.74 Å². The van der Waals surface area contributed by atoms with Crippen molar-refractivity contribution in [3.05, 3.63) is 0 Å². The summed E-state index contributed by atoms with van der Waals surface area (Å²) in [4.78, 5) is 21.5. The highest BCUT2D eigenvalue weighted by atomic mass is 16.6. The Kier molecular flexibility index (Phi) is 4.52. The largest absolute Gasteiger partial charge is 0.479 e. The molecule has 0 aliphatic carbocycles. The smallest absolute Gasteiger partial charge is 0.341 e. The van der Waals surface area contributed by atoms with Crippen molar-refractivity contribution >= 4 is 11.9 Å². The minimum atomic E-state index is -2.37. The zero-order valence-electron chi connectivity index (χ0n) is 8.06. The Balaban J connectivity index is 4.78. The van der Waals surface area contributed by atoms with E-state index < -0.39 is 23.6 Å². The number of aliphatic hydroxyl groups excluding tert-OH is 1. The van der Waals surface area contributed by atoms with Gasteiger partial charge in [-0.1, -0.05) is 6.92 Å². The van der Waals surface area contributed by atoms with Gasteiger partial charge in [0.15, 0.2) is 11.7 Å². The third-order valence-corrected chi connectivity index (χ3v) is 1.85. The van der Waals surface area contributed by atoms with Gasteiger partial charge in [-0.3, -0.25) is 0 Å². The van der Waals surface area contributed by atoms with Crippen LogP contribution < -0.4 is 0 Å². The first-order valence-corrected chi connectivity index (χ1v) is 4.20. The van der Waals surface area contributed by atoms with E-state index >= 15 is 0 Å². The number of hydrogen-bond acceptors (Lipinski definition) is 5. The summed E-state index contributed by atoms with van der Waals surface area (Å²) in [6.45, 7) is 2.90. The van der Waals surface area contributed by atoms with Crippen LogP contribution in [0, 0.1) is 0 Å². The van der Waals surface area contributed by atoms with Crippen LogP contribution in [0.1, 0.15) is 20.3 Å². The molecule has 82 valence electrons. The zero-order valence-corrected chi connectivity index (χ0v) is 8.06. The molecule has 0 aromatic carbocycles. The van der Waals surface area contributed by atoms with Gasteiger partial charge in [0.25, 0.3) is 0 Å². The number of ether oxygens (including phenoxy) is 1. The van der Waals surface area contributed by atoms with Crippen molar-refractivity contribution < 1.29 is 29.6 Å². The number of aliphatic carboxylic acids is 1. The Morgan fingerprint density at radius 1 is 1.43 bits per heavy atom. The third-order valence-electron chi connectivity index (χ3n) is 1.85. The summed E-state index contributed by atoms with van der Waals surface area (Å²) in [6, 6.07) is 0. The van der Waals surface area contributed by atoms with E-state index in [1.165, 1.54) is 13.8 Å². The summed E-state index contributed by atoms with van der Waals surface area (Å²) in [5, 5.41) is 27.1. The molecule has 0 saturated carbocycles. The standard InChI is InChI=1S/C8H14O6/c1-3-8(13,5(9)6(10)11)7(12)14-4-2/h5,9,13H,3-4H2,1-2H3,(H,10,11). The second-order valence-electron chi connectivity index (χ2n) is 2.74. The number of carboxylic acid groups (broad SMARTS) is 1. The first-order valence-electron chi connectivity index (χ1n) is 4.20. The van der Waals surface area contributed by atoms with Gasteiger partial charge in [-0.05, 0) is 13.3 Å². The molecule has 0 saturated heterocycles. The number of hydrogen-bond donors (Lipinski definition) is 3. The number of carbonyl (C=O) groups excluding carboxylic acids is 1. The minimum Gasteiger partial charge on any atom is -0.479 e. The van der Waals surface area contributed by atoms with Gasteiger partial charge >= 0.3 is 11.9 Å². The lowest BCUT2D eigenvalue weighted by Gasteiger charge is -2.26. The summed E-state index contributed by atoms with van der Waals surface area (Å²) >= 11 is 0. The topological polar surface area (TPSA) is 104 Å². The zero-order chi connectivity index (χ0) is 11.4. The highest BCUT2D eigenvalue weighted by Crippen LogP contribution is 2.17. The molecule has 0 amide bonds. The maximum Gasteiger partial charge on any atom is 0.341 e.